The number of aryl methyl sites for hydroxylation is 1. The predicted molar refractivity (Wildman–Crippen MR) is 80.4 cm³/mol. The van der Waals surface area contributed by atoms with Gasteiger partial charge in [0.05, 0.1) is 12.2 Å². The minimum atomic E-state index is -0.558. The maximum atomic E-state index is 12.1. The molecule has 5 nitrogen and oxygen atoms in total. The number of hydrogen-bond donors (Lipinski definition) is 0. The summed E-state index contributed by atoms with van der Waals surface area (Å²) in [6, 6.07) is 3.28. The Hall–Kier alpha value is -1.88. The third-order valence-corrected chi connectivity index (χ3v) is 3.78. The van der Waals surface area contributed by atoms with E-state index in [2.05, 4.69) is 0 Å². The maximum Gasteiger partial charge on any atom is 0.313 e. The first-order valence-electron chi connectivity index (χ1n) is 7.08. The average Bonchev–Trinajstić information content (AvgIpc) is 2.41. The molecule has 22 heavy (non-hydrogen) atoms. The lowest BCUT2D eigenvalue weighted by molar-refractivity contribution is -0.145. The molecule has 0 spiro atoms. The van der Waals surface area contributed by atoms with Gasteiger partial charge < -0.3 is 9.47 Å². The first kappa shape index (κ1) is 16.5. The minimum absolute atomic E-state index is 0.00562. The zero-order valence-corrected chi connectivity index (χ0v) is 13.2. The quantitative estimate of drug-likeness (QED) is 0.615. The summed E-state index contributed by atoms with van der Waals surface area (Å²) in [5.41, 5.74) is 1.23. The van der Waals surface area contributed by atoms with Crippen LogP contribution in [0.1, 0.15) is 42.1 Å². The zero-order valence-electron chi connectivity index (χ0n) is 12.5. The molecule has 0 saturated carbocycles. The molecule has 0 amide bonds. The Morgan fingerprint density at radius 3 is 2.82 bits per heavy atom. The first-order chi connectivity index (χ1) is 10.4. The third kappa shape index (κ3) is 3.85. The molecule has 0 aromatic heterocycles. The van der Waals surface area contributed by atoms with Crippen molar-refractivity contribution in [1.29, 1.82) is 0 Å². The fraction of sp³-hybridized carbons (Fsp3) is 0.438. The van der Waals surface area contributed by atoms with Crippen LogP contribution in [0.5, 0.6) is 5.75 Å². The molecule has 1 unspecified atom stereocenters. The van der Waals surface area contributed by atoms with Gasteiger partial charge in [-0.15, -0.1) is 0 Å². The Labute approximate surface area is 133 Å². The monoisotopic (exact) mass is 324 g/mol. The van der Waals surface area contributed by atoms with Gasteiger partial charge in [-0.05, 0) is 31.5 Å². The van der Waals surface area contributed by atoms with Gasteiger partial charge in [-0.25, -0.2) is 0 Å². The molecule has 118 valence electrons. The molecule has 1 aromatic rings. The van der Waals surface area contributed by atoms with Crippen molar-refractivity contribution >= 4 is 29.1 Å². The molecule has 0 N–H and O–H groups in total. The Morgan fingerprint density at radius 2 is 2.14 bits per heavy atom. The fourth-order valence-corrected chi connectivity index (χ4v) is 2.49. The van der Waals surface area contributed by atoms with Crippen molar-refractivity contribution in [2.75, 3.05) is 6.61 Å². The molecule has 1 aromatic carbocycles. The van der Waals surface area contributed by atoms with Crippen LogP contribution in [0, 0.1) is 6.92 Å². The van der Waals surface area contributed by atoms with Gasteiger partial charge >= 0.3 is 5.97 Å². The number of ketones is 2. The minimum Gasteiger partial charge on any atom is -0.489 e. The van der Waals surface area contributed by atoms with Crippen LogP contribution in [-0.2, 0) is 14.3 Å². The van der Waals surface area contributed by atoms with Crippen molar-refractivity contribution < 1.29 is 23.9 Å². The van der Waals surface area contributed by atoms with Crippen molar-refractivity contribution in [3.05, 3.63) is 28.3 Å². The summed E-state index contributed by atoms with van der Waals surface area (Å²) < 4.78 is 10.4. The van der Waals surface area contributed by atoms with E-state index in [1.165, 1.54) is 0 Å². The van der Waals surface area contributed by atoms with Gasteiger partial charge in [0, 0.05) is 17.9 Å². The molecule has 2 rings (SSSR count). The van der Waals surface area contributed by atoms with Crippen LogP contribution >= 0.6 is 11.6 Å². The highest BCUT2D eigenvalue weighted by molar-refractivity contribution is 6.31. The summed E-state index contributed by atoms with van der Waals surface area (Å²) in [4.78, 5) is 35.2. The molecule has 0 bridgehead atoms. The molecule has 1 atom stereocenters. The van der Waals surface area contributed by atoms with Crippen molar-refractivity contribution in [3.63, 3.8) is 0 Å². The molecule has 0 aliphatic carbocycles. The summed E-state index contributed by atoms with van der Waals surface area (Å²) in [5.74, 6) is -0.535. The van der Waals surface area contributed by atoms with E-state index < -0.39 is 12.1 Å². The Morgan fingerprint density at radius 1 is 1.41 bits per heavy atom. The number of carbonyl (C=O) groups is 3. The van der Waals surface area contributed by atoms with Gasteiger partial charge in [0.15, 0.2) is 5.78 Å². The van der Waals surface area contributed by atoms with Crippen LogP contribution < -0.4 is 4.74 Å². The number of ether oxygens (including phenoxy) is 2. The van der Waals surface area contributed by atoms with Gasteiger partial charge in [0.2, 0.25) is 0 Å². The van der Waals surface area contributed by atoms with E-state index in [1.54, 1.807) is 19.1 Å². The van der Waals surface area contributed by atoms with E-state index in [4.69, 9.17) is 21.1 Å². The molecular formula is C16H17ClO5. The number of hydrogen-bond acceptors (Lipinski definition) is 5. The summed E-state index contributed by atoms with van der Waals surface area (Å²) in [6.45, 7) is 3.72. The highest BCUT2D eigenvalue weighted by Crippen LogP contribution is 2.33. The fourth-order valence-electron chi connectivity index (χ4n) is 2.32. The van der Waals surface area contributed by atoms with Crippen LogP contribution in [0.15, 0.2) is 12.1 Å². The summed E-state index contributed by atoms with van der Waals surface area (Å²) in [5, 5.41) is 0.507. The van der Waals surface area contributed by atoms with Gasteiger partial charge in [-0.3, -0.25) is 14.4 Å². The van der Waals surface area contributed by atoms with Crippen LogP contribution in [0.4, 0.5) is 0 Å². The lowest BCUT2D eigenvalue weighted by Gasteiger charge is -2.25. The van der Waals surface area contributed by atoms with E-state index in [-0.39, 0.29) is 37.4 Å². The largest absolute Gasteiger partial charge is 0.489 e. The first-order valence-corrected chi connectivity index (χ1v) is 7.45. The number of carbonyl (C=O) groups excluding carboxylic acids is 3. The highest BCUT2D eigenvalue weighted by Gasteiger charge is 2.29. The Bertz CT molecular complexity index is 623. The van der Waals surface area contributed by atoms with E-state index in [9.17, 15) is 14.4 Å². The lowest BCUT2D eigenvalue weighted by Crippen LogP contribution is -2.30. The number of esters is 1. The number of halogens is 1. The maximum absolute atomic E-state index is 12.1. The second-order valence-electron chi connectivity index (χ2n) is 5.19. The lowest BCUT2D eigenvalue weighted by atomic mass is 9.96. The van der Waals surface area contributed by atoms with Crippen LogP contribution in [0.3, 0.4) is 0 Å². The molecule has 1 aliphatic heterocycles. The topological polar surface area (TPSA) is 69.7 Å². The van der Waals surface area contributed by atoms with Gasteiger partial charge in [-0.2, -0.15) is 0 Å². The SMILES string of the molecule is CCOC(=O)CC(=O)CC1CC(=O)c2cc(Cl)c(C)cc2O1. The molecule has 6 heteroatoms. The van der Waals surface area contributed by atoms with Crippen molar-refractivity contribution in [2.24, 2.45) is 0 Å². The van der Waals surface area contributed by atoms with Gasteiger partial charge in [0.1, 0.15) is 24.1 Å². The van der Waals surface area contributed by atoms with Gasteiger partial charge in [-0.1, -0.05) is 11.6 Å². The standard InChI is InChI=1S/C16H17ClO5/c1-3-21-16(20)6-10(18)5-11-7-14(19)12-8-13(17)9(2)4-15(12)22-11/h4,8,11H,3,5-7H2,1-2H3. The number of Topliss-reactive ketones (excluding diaryl/α,β-unsaturated/α-hetero) is 2. The highest BCUT2D eigenvalue weighted by atomic mass is 35.5. The Kier molecular flexibility index (Phi) is 5.19. The van der Waals surface area contributed by atoms with Crippen molar-refractivity contribution in [1.82, 2.24) is 0 Å². The van der Waals surface area contributed by atoms with E-state index in [0.717, 1.165) is 5.56 Å². The second-order valence-corrected chi connectivity index (χ2v) is 5.60. The van der Waals surface area contributed by atoms with Crippen molar-refractivity contribution in [3.8, 4) is 5.75 Å². The number of fused-ring (bicyclic) bond motifs is 1. The zero-order chi connectivity index (χ0) is 16.3. The normalized spacial score (nSPS) is 16.7. The Balaban J connectivity index is 2.04. The van der Waals surface area contributed by atoms with E-state index in [1.807, 2.05) is 6.92 Å². The average molecular weight is 325 g/mol. The molecule has 0 radical (unpaired) electrons. The molecular weight excluding hydrogens is 308 g/mol. The smallest absolute Gasteiger partial charge is 0.313 e. The second kappa shape index (κ2) is 6.92. The number of rotatable bonds is 5. The number of benzene rings is 1. The summed E-state index contributed by atoms with van der Waals surface area (Å²) in [6.07, 6.45) is -0.747. The van der Waals surface area contributed by atoms with Crippen LogP contribution in [0.2, 0.25) is 5.02 Å². The summed E-state index contributed by atoms with van der Waals surface area (Å²) >= 11 is 6.01. The molecule has 1 heterocycles. The predicted octanol–water partition coefficient (Wildman–Crippen LogP) is 2.89. The third-order valence-electron chi connectivity index (χ3n) is 3.37. The van der Waals surface area contributed by atoms with Crippen LogP contribution in [0.25, 0.3) is 0 Å². The summed E-state index contributed by atoms with van der Waals surface area (Å²) in [7, 11) is 0. The van der Waals surface area contributed by atoms with Crippen molar-refractivity contribution in [2.45, 2.75) is 39.2 Å². The van der Waals surface area contributed by atoms with E-state index >= 15 is 0 Å². The molecule has 0 fully saturated rings. The molecule has 1 aliphatic rings. The molecule has 0 saturated heterocycles. The van der Waals surface area contributed by atoms with Gasteiger partial charge in [0.25, 0.3) is 0 Å². The van der Waals surface area contributed by atoms with Crippen LogP contribution in [-0.4, -0.2) is 30.2 Å². The van der Waals surface area contributed by atoms with E-state index in [0.29, 0.717) is 16.3 Å².